The molecule has 6 aromatic rings. The molecule has 0 N–H and O–H groups in total. The molecule has 6 rings (SSSR count). The standard InChI is InChI=1S/C18H12NO.C15H16N.Ir/c1-12-9-10-19-16(11-12)15-7-4-6-14-13-5-2-3-8-17(13)20-18(14)15;1-11(2)14-10-16-15(9-12(14)3)13-7-5-4-6-8-13;/h2-6,8-11H,1H3;4-7,9-11H,1-3H3;/q2*-1;. The van der Waals surface area contributed by atoms with Gasteiger partial charge in [-0.2, -0.15) is 0 Å². The van der Waals surface area contributed by atoms with Crippen LogP contribution in [0.1, 0.15) is 36.5 Å². The summed E-state index contributed by atoms with van der Waals surface area (Å²) in [7, 11) is 0. The first-order valence-electron chi connectivity index (χ1n) is 12.2. The van der Waals surface area contributed by atoms with Gasteiger partial charge >= 0.3 is 0 Å². The molecule has 37 heavy (non-hydrogen) atoms. The van der Waals surface area contributed by atoms with E-state index in [2.05, 4.69) is 68.0 Å². The summed E-state index contributed by atoms with van der Waals surface area (Å²) >= 11 is 0. The maximum atomic E-state index is 6.01. The van der Waals surface area contributed by atoms with E-state index in [1.165, 1.54) is 16.7 Å². The number of para-hydroxylation sites is 1. The monoisotopic (exact) mass is 661 g/mol. The van der Waals surface area contributed by atoms with Gasteiger partial charge in [-0.3, -0.25) is 0 Å². The van der Waals surface area contributed by atoms with Gasteiger partial charge in [-0.1, -0.05) is 66.3 Å². The summed E-state index contributed by atoms with van der Waals surface area (Å²) in [5.74, 6) is 0.529. The molecule has 4 heteroatoms. The first-order chi connectivity index (χ1) is 17.5. The second-order valence-electron chi connectivity index (χ2n) is 9.27. The molecule has 3 aromatic heterocycles. The number of nitrogens with zero attached hydrogens (tertiary/aromatic N) is 2. The Morgan fingerprint density at radius 3 is 2.32 bits per heavy atom. The summed E-state index contributed by atoms with van der Waals surface area (Å²) in [5.41, 5.74) is 9.43. The van der Waals surface area contributed by atoms with Crippen LogP contribution in [0.4, 0.5) is 0 Å². The number of benzene rings is 3. The molecule has 0 aliphatic heterocycles. The number of hydrogen-bond acceptors (Lipinski definition) is 3. The van der Waals surface area contributed by atoms with Crippen LogP contribution in [0.15, 0.2) is 95.7 Å². The van der Waals surface area contributed by atoms with Crippen molar-refractivity contribution in [3.63, 3.8) is 0 Å². The number of pyridine rings is 2. The predicted octanol–water partition coefficient (Wildman–Crippen LogP) is 8.73. The largest absolute Gasteiger partial charge is 0.501 e. The molecule has 0 bridgehead atoms. The quantitative estimate of drug-likeness (QED) is 0.178. The molecule has 0 aliphatic carbocycles. The number of furan rings is 1. The van der Waals surface area contributed by atoms with E-state index in [-0.39, 0.29) is 20.1 Å². The van der Waals surface area contributed by atoms with Gasteiger partial charge in [0.15, 0.2) is 0 Å². The number of fused-ring (bicyclic) bond motifs is 3. The van der Waals surface area contributed by atoms with Crippen LogP contribution in [-0.4, -0.2) is 9.97 Å². The topological polar surface area (TPSA) is 38.9 Å². The molecule has 3 aromatic carbocycles. The van der Waals surface area contributed by atoms with Crippen LogP contribution in [0.5, 0.6) is 0 Å². The zero-order valence-corrected chi connectivity index (χ0v) is 23.8. The molecule has 0 unspecified atom stereocenters. The third-order valence-electron chi connectivity index (χ3n) is 6.27. The molecule has 0 fully saturated rings. The Bertz CT molecular complexity index is 1640. The van der Waals surface area contributed by atoms with Gasteiger partial charge in [-0.15, -0.1) is 54.1 Å². The van der Waals surface area contributed by atoms with Crippen LogP contribution >= 0.6 is 0 Å². The molecule has 0 amide bonds. The predicted molar refractivity (Wildman–Crippen MR) is 148 cm³/mol. The minimum absolute atomic E-state index is 0. The van der Waals surface area contributed by atoms with Gasteiger partial charge in [0.25, 0.3) is 0 Å². The van der Waals surface area contributed by atoms with Crippen LogP contribution in [-0.2, 0) is 20.1 Å². The van der Waals surface area contributed by atoms with Gasteiger partial charge < -0.3 is 14.4 Å². The van der Waals surface area contributed by atoms with E-state index in [9.17, 15) is 0 Å². The van der Waals surface area contributed by atoms with Gasteiger partial charge in [0.1, 0.15) is 5.58 Å². The summed E-state index contributed by atoms with van der Waals surface area (Å²) in [6.07, 6.45) is 3.80. The third-order valence-corrected chi connectivity index (χ3v) is 6.27. The minimum atomic E-state index is 0. The minimum Gasteiger partial charge on any atom is -0.501 e. The van der Waals surface area contributed by atoms with Crippen LogP contribution < -0.4 is 0 Å². The van der Waals surface area contributed by atoms with Gasteiger partial charge in [-0.05, 0) is 48.8 Å². The fourth-order valence-electron chi connectivity index (χ4n) is 4.42. The van der Waals surface area contributed by atoms with E-state index in [1.807, 2.05) is 73.1 Å². The smallest absolute Gasteiger partial charge is 0.120 e. The van der Waals surface area contributed by atoms with E-state index in [0.717, 1.165) is 44.5 Å². The van der Waals surface area contributed by atoms with Gasteiger partial charge in [0, 0.05) is 37.9 Å². The van der Waals surface area contributed by atoms with Crippen molar-refractivity contribution in [1.82, 2.24) is 9.97 Å². The Kier molecular flexibility index (Phi) is 8.33. The Morgan fingerprint density at radius 2 is 1.59 bits per heavy atom. The maximum Gasteiger partial charge on any atom is 0.120 e. The SMILES string of the molecule is Cc1cc(-c2[c-]cccc2)ncc1C(C)C.Cc1ccnc(-c2[c-]ccc3c2oc2ccccc23)c1.[Ir]. The molecule has 3 heterocycles. The maximum absolute atomic E-state index is 6.01. The molecule has 0 spiro atoms. The van der Waals surface area contributed by atoms with E-state index < -0.39 is 0 Å². The van der Waals surface area contributed by atoms with E-state index >= 15 is 0 Å². The Morgan fingerprint density at radius 1 is 0.784 bits per heavy atom. The second-order valence-corrected chi connectivity index (χ2v) is 9.27. The molecular formula is C33H28IrN2O-2. The average Bonchev–Trinajstić information content (AvgIpc) is 3.28. The normalized spacial score (nSPS) is 10.7. The fraction of sp³-hybridized carbons (Fsp3) is 0.152. The molecule has 0 saturated heterocycles. The van der Waals surface area contributed by atoms with Gasteiger partial charge in [0.2, 0.25) is 0 Å². The Balaban J connectivity index is 0.000000173. The van der Waals surface area contributed by atoms with Crippen molar-refractivity contribution in [3.8, 4) is 22.5 Å². The Labute approximate surface area is 232 Å². The van der Waals surface area contributed by atoms with Gasteiger partial charge in [0.05, 0.1) is 5.58 Å². The average molecular weight is 661 g/mol. The first kappa shape index (κ1) is 26.5. The van der Waals surface area contributed by atoms with Crippen LogP contribution in [0.25, 0.3) is 44.5 Å². The molecular weight excluding hydrogens is 633 g/mol. The van der Waals surface area contributed by atoms with E-state index in [4.69, 9.17) is 4.42 Å². The molecule has 0 aliphatic rings. The Hall–Kier alpha value is -3.59. The molecule has 187 valence electrons. The van der Waals surface area contributed by atoms with Crippen molar-refractivity contribution in [3.05, 3.63) is 120 Å². The van der Waals surface area contributed by atoms with Crippen molar-refractivity contribution in [2.75, 3.05) is 0 Å². The molecule has 0 atom stereocenters. The van der Waals surface area contributed by atoms with Crippen LogP contribution in [0.3, 0.4) is 0 Å². The van der Waals surface area contributed by atoms with E-state index in [1.54, 1.807) is 0 Å². The van der Waals surface area contributed by atoms with Crippen molar-refractivity contribution >= 4 is 21.9 Å². The third kappa shape index (κ3) is 5.72. The van der Waals surface area contributed by atoms with Crippen LogP contribution in [0.2, 0.25) is 0 Å². The summed E-state index contributed by atoms with van der Waals surface area (Å²) in [6, 6.07) is 32.6. The molecule has 3 nitrogen and oxygen atoms in total. The van der Waals surface area contributed by atoms with Gasteiger partial charge in [-0.25, -0.2) is 0 Å². The van der Waals surface area contributed by atoms with E-state index in [0.29, 0.717) is 5.92 Å². The van der Waals surface area contributed by atoms with Crippen molar-refractivity contribution in [2.45, 2.75) is 33.6 Å². The summed E-state index contributed by atoms with van der Waals surface area (Å²) in [6.45, 7) is 8.59. The molecule has 0 saturated carbocycles. The number of rotatable bonds is 3. The first-order valence-corrected chi connectivity index (χ1v) is 12.2. The number of aromatic nitrogens is 2. The summed E-state index contributed by atoms with van der Waals surface area (Å²) < 4.78 is 6.01. The zero-order valence-electron chi connectivity index (χ0n) is 21.4. The molecule has 1 radical (unpaired) electrons. The number of aryl methyl sites for hydroxylation is 2. The van der Waals surface area contributed by atoms with Crippen molar-refractivity contribution in [1.29, 1.82) is 0 Å². The fourth-order valence-corrected chi connectivity index (χ4v) is 4.42. The number of hydrogen-bond donors (Lipinski definition) is 0. The second kappa shape index (κ2) is 11.6. The summed E-state index contributed by atoms with van der Waals surface area (Å²) in [4.78, 5) is 8.94. The van der Waals surface area contributed by atoms with Crippen molar-refractivity contribution < 1.29 is 24.5 Å². The zero-order chi connectivity index (χ0) is 25.1. The van der Waals surface area contributed by atoms with Crippen LogP contribution in [0, 0.1) is 26.0 Å². The van der Waals surface area contributed by atoms with Crippen molar-refractivity contribution in [2.24, 2.45) is 0 Å². The summed E-state index contributed by atoms with van der Waals surface area (Å²) in [5, 5.41) is 2.24.